The van der Waals surface area contributed by atoms with Crippen molar-refractivity contribution in [3.8, 4) is 5.75 Å². The summed E-state index contributed by atoms with van der Waals surface area (Å²) in [7, 11) is 0. The van der Waals surface area contributed by atoms with Gasteiger partial charge < -0.3 is 9.15 Å². The van der Waals surface area contributed by atoms with Gasteiger partial charge in [-0.05, 0) is 36.4 Å². The molecule has 5 nitrogen and oxygen atoms in total. The molecule has 5 heteroatoms. The lowest BCUT2D eigenvalue weighted by Gasteiger charge is -2.17. The largest absolute Gasteiger partial charge is 0.465 e. The second-order valence-electron chi connectivity index (χ2n) is 5.33. The summed E-state index contributed by atoms with van der Waals surface area (Å²) in [5, 5.41) is 0. The van der Waals surface area contributed by atoms with Gasteiger partial charge in [-0.1, -0.05) is 36.4 Å². The Balaban J connectivity index is 1.73. The minimum atomic E-state index is -0.270. The number of nitrogens with zero attached hydrogens (tertiary/aromatic N) is 2. The SMILES string of the molecule is O=C1/C(=C\c2ccco2)N=C(Oc2ccccc2)N1c1ccccc1. The van der Waals surface area contributed by atoms with Gasteiger partial charge in [0, 0.05) is 6.08 Å². The molecule has 1 aliphatic heterocycles. The van der Waals surface area contributed by atoms with Gasteiger partial charge in [-0.15, -0.1) is 0 Å². The fraction of sp³-hybridized carbons (Fsp3) is 0. The molecule has 0 bridgehead atoms. The maximum atomic E-state index is 12.9. The highest BCUT2D eigenvalue weighted by Crippen LogP contribution is 2.26. The van der Waals surface area contributed by atoms with Gasteiger partial charge in [0.1, 0.15) is 17.2 Å². The van der Waals surface area contributed by atoms with Crippen LogP contribution in [0, 0.1) is 0 Å². The van der Waals surface area contributed by atoms with E-state index in [1.54, 1.807) is 24.5 Å². The highest BCUT2D eigenvalue weighted by atomic mass is 16.5. The zero-order valence-electron chi connectivity index (χ0n) is 13.2. The highest BCUT2D eigenvalue weighted by Gasteiger charge is 2.33. The Morgan fingerprint density at radius 1 is 0.920 bits per heavy atom. The van der Waals surface area contributed by atoms with Crippen LogP contribution in [0.2, 0.25) is 0 Å². The fourth-order valence-electron chi connectivity index (χ4n) is 2.47. The Morgan fingerprint density at radius 2 is 1.64 bits per heavy atom. The number of aliphatic imine (C=N–C) groups is 1. The zero-order valence-corrected chi connectivity index (χ0v) is 13.2. The Morgan fingerprint density at radius 3 is 2.32 bits per heavy atom. The molecule has 1 amide bonds. The molecule has 0 atom stereocenters. The molecule has 0 unspecified atom stereocenters. The highest BCUT2D eigenvalue weighted by molar-refractivity contribution is 6.26. The topological polar surface area (TPSA) is 55.0 Å². The van der Waals surface area contributed by atoms with Gasteiger partial charge in [-0.25, -0.2) is 4.90 Å². The van der Waals surface area contributed by atoms with Crippen molar-refractivity contribution in [1.29, 1.82) is 0 Å². The Kier molecular flexibility index (Phi) is 3.88. The second kappa shape index (κ2) is 6.49. The fourth-order valence-corrected chi connectivity index (χ4v) is 2.47. The van der Waals surface area contributed by atoms with Crippen molar-refractivity contribution in [3.05, 3.63) is 90.5 Å². The molecule has 2 heterocycles. The molecule has 3 aromatic rings. The molecule has 4 rings (SSSR count). The Labute approximate surface area is 144 Å². The van der Waals surface area contributed by atoms with Crippen molar-refractivity contribution in [3.63, 3.8) is 0 Å². The van der Waals surface area contributed by atoms with Crippen molar-refractivity contribution >= 4 is 23.7 Å². The van der Waals surface area contributed by atoms with Crippen molar-refractivity contribution in [2.75, 3.05) is 4.90 Å². The Hall–Kier alpha value is -3.60. The molecule has 122 valence electrons. The van der Waals surface area contributed by atoms with Gasteiger partial charge in [0.25, 0.3) is 5.91 Å². The third kappa shape index (κ3) is 3.07. The summed E-state index contributed by atoms with van der Waals surface area (Å²) in [4.78, 5) is 18.7. The quantitative estimate of drug-likeness (QED) is 0.679. The van der Waals surface area contributed by atoms with E-state index in [1.807, 2.05) is 60.7 Å². The van der Waals surface area contributed by atoms with Crippen LogP contribution in [-0.4, -0.2) is 11.9 Å². The molecule has 0 N–H and O–H groups in total. The standard InChI is InChI=1S/C20H14N2O3/c23-19-18(14-17-12-7-13-24-17)21-20(25-16-10-5-2-6-11-16)22(19)15-8-3-1-4-9-15/h1-14H/b18-14+. The second-order valence-corrected chi connectivity index (χ2v) is 5.33. The molecular formula is C20H14N2O3. The summed E-state index contributed by atoms with van der Waals surface area (Å²) in [6.45, 7) is 0. The number of carbonyl (C=O) groups excluding carboxylic acids is 1. The van der Waals surface area contributed by atoms with E-state index in [0.29, 0.717) is 17.2 Å². The molecule has 0 saturated carbocycles. The summed E-state index contributed by atoms with van der Waals surface area (Å²) in [5.41, 5.74) is 0.940. The number of furan rings is 1. The summed E-state index contributed by atoms with van der Waals surface area (Å²) < 4.78 is 11.1. The van der Waals surface area contributed by atoms with Gasteiger partial charge in [0.15, 0.2) is 0 Å². The number of anilines is 1. The maximum Gasteiger partial charge on any atom is 0.310 e. The number of hydrogen-bond donors (Lipinski definition) is 0. The molecule has 0 fully saturated rings. The van der Waals surface area contributed by atoms with Crippen LogP contribution < -0.4 is 9.64 Å². The summed E-state index contributed by atoms with van der Waals surface area (Å²) in [6.07, 6.45) is 3.14. The number of amidine groups is 1. The van der Waals surface area contributed by atoms with E-state index < -0.39 is 0 Å². The first kappa shape index (κ1) is 15.0. The predicted molar refractivity (Wildman–Crippen MR) is 95.1 cm³/mol. The van der Waals surface area contributed by atoms with Gasteiger partial charge >= 0.3 is 6.02 Å². The minimum Gasteiger partial charge on any atom is -0.465 e. The number of carbonyl (C=O) groups is 1. The summed E-state index contributed by atoms with van der Waals surface area (Å²) >= 11 is 0. The number of para-hydroxylation sites is 2. The van der Waals surface area contributed by atoms with Crippen LogP contribution in [0.15, 0.2) is 94.2 Å². The summed E-state index contributed by atoms with van der Waals surface area (Å²) in [5.74, 6) is 0.892. The average molecular weight is 330 g/mol. The molecule has 2 aromatic carbocycles. The zero-order chi connectivity index (χ0) is 17.1. The number of amides is 1. The lowest BCUT2D eigenvalue weighted by molar-refractivity contribution is -0.113. The Bertz CT molecular complexity index is 930. The lowest BCUT2D eigenvalue weighted by atomic mass is 10.2. The van der Waals surface area contributed by atoms with Gasteiger partial charge in [0.2, 0.25) is 0 Å². The first-order valence-corrected chi connectivity index (χ1v) is 7.77. The molecule has 1 aromatic heterocycles. The first-order chi connectivity index (χ1) is 12.3. The van der Waals surface area contributed by atoms with Crippen LogP contribution in [0.25, 0.3) is 6.08 Å². The van der Waals surface area contributed by atoms with E-state index in [9.17, 15) is 4.79 Å². The van der Waals surface area contributed by atoms with E-state index in [-0.39, 0.29) is 17.6 Å². The number of ether oxygens (including phenoxy) is 1. The van der Waals surface area contributed by atoms with E-state index in [4.69, 9.17) is 9.15 Å². The third-order valence-corrected chi connectivity index (χ3v) is 3.62. The van der Waals surface area contributed by atoms with Crippen molar-refractivity contribution in [1.82, 2.24) is 0 Å². The molecule has 0 saturated heterocycles. The monoisotopic (exact) mass is 330 g/mol. The number of benzene rings is 2. The normalized spacial score (nSPS) is 15.5. The average Bonchev–Trinajstić information content (AvgIpc) is 3.26. The van der Waals surface area contributed by atoms with Crippen LogP contribution in [-0.2, 0) is 4.79 Å². The molecule has 0 radical (unpaired) electrons. The first-order valence-electron chi connectivity index (χ1n) is 7.77. The lowest BCUT2D eigenvalue weighted by Crippen LogP contribution is -2.35. The van der Waals surface area contributed by atoms with E-state index in [1.165, 1.54) is 4.90 Å². The molecule has 1 aliphatic rings. The third-order valence-electron chi connectivity index (χ3n) is 3.62. The van der Waals surface area contributed by atoms with Crippen molar-refractivity contribution in [2.45, 2.75) is 0 Å². The summed E-state index contributed by atoms with van der Waals surface area (Å²) in [6, 6.07) is 22.2. The molecular weight excluding hydrogens is 316 g/mol. The van der Waals surface area contributed by atoms with Crippen molar-refractivity contribution in [2.24, 2.45) is 4.99 Å². The van der Waals surface area contributed by atoms with Crippen LogP contribution in [0.3, 0.4) is 0 Å². The van der Waals surface area contributed by atoms with E-state index in [0.717, 1.165) is 0 Å². The molecule has 25 heavy (non-hydrogen) atoms. The van der Waals surface area contributed by atoms with Crippen molar-refractivity contribution < 1.29 is 13.9 Å². The molecule has 0 spiro atoms. The van der Waals surface area contributed by atoms with Gasteiger partial charge in [-0.2, -0.15) is 4.99 Å². The smallest absolute Gasteiger partial charge is 0.310 e. The number of hydrogen-bond acceptors (Lipinski definition) is 4. The van der Waals surface area contributed by atoms with Crippen LogP contribution >= 0.6 is 0 Å². The minimum absolute atomic E-state index is 0.209. The molecule has 0 aliphatic carbocycles. The van der Waals surface area contributed by atoms with E-state index >= 15 is 0 Å². The van der Waals surface area contributed by atoms with Gasteiger partial charge in [-0.3, -0.25) is 4.79 Å². The van der Waals surface area contributed by atoms with Crippen LogP contribution in [0.4, 0.5) is 5.69 Å². The predicted octanol–water partition coefficient (Wildman–Crippen LogP) is 4.10. The van der Waals surface area contributed by atoms with E-state index in [2.05, 4.69) is 4.99 Å². The maximum absolute atomic E-state index is 12.9. The van der Waals surface area contributed by atoms with Gasteiger partial charge in [0.05, 0.1) is 12.0 Å². The van der Waals surface area contributed by atoms with Crippen LogP contribution in [0.5, 0.6) is 5.75 Å². The van der Waals surface area contributed by atoms with Crippen LogP contribution in [0.1, 0.15) is 5.76 Å². The number of rotatable bonds is 3.